The van der Waals surface area contributed by atoms with E-state index < -0.39 is 0 Å². The fourth-order valence-electron chi connectivity index (χ4n) is 1.06. The molecule has 0 spiro atoms. The summed E-state index contributed by atoms with van der Waals surface area (Å²) in [5.41, 5.74) is 2.03. The average molecular weight is 166 g/mol. The lowest BCUT2D eigenvalue weighted by Gasteiger charge is -1.88. The van der Waals surface area contributed by atoms with Gasteiger partial charge in [0.05, 0.1) is 0 Å². The van der Waals surface area contributed by atoms with Gasteiger partial charge in [0.25, 0.3) is 0 Å². The number of carbonyl (C=O) groups is 1. The van der Waals surface area contributed by atoms with E-state index in [4.69, 9.17) is 0 Å². The van der Waals surface area contributed by atoms with Crippen LogP contribution >= 0.6 is 0 Å². The van der Waals surface area contributed by atoms with E-state index in [1.54, 1.807) is 6.08 Å². The highest BCUT2D eigenvalue weighted by Crippen LogP contribution is 2.22. The highest BCUT2D eigenvalue weighted by Gasteiger charge is 2.15. The topological polar surface area (TPSA) is 17.1 Å². The zero-order valence-corrected chi connectivity index (χ0v) is 8.31. The molecule has 1 heteroatoms. The molecular formula is C11H18O. The maximum atomic E-state index is 10.8. The van der Waals surface area contributed by atoms with Crippen molar-refractivity contribution in [1.82, 2.24) is 0 Å². The first-order valence-electron chi connectivity index (χ1n) is 4.52. The Balaban J connectivity index is 0.000000354. The van der Waals surface area contributed by atoms with Gasteiger partial charge in [0.15, 0.2) is 5.78 Å². The molecule has 0 radical (unpaired) electrons. The third-order valence-electron chi connectivity index (χ3n) is 1.77. The minimum absolute atomic E-state index is 0.282. The number of Topliss-reactive ketones (excluding diaryl/α,β-unsaturated/α-hetero) is 1. The highest BCUT2D eigenvalue weighted by atomic mass is 16.1. The number of allylic oxidation sites excluding steroid dienone is 3. The molecular weight excluding hydrogens is 148 g/mol. The van der Waals surface area contributed by atoms with Gasteiger partial charge < -0.3 is 0 Å². The quantitative estimate of drug-likeness (QED) is 0.584. The molecule has 0 unspecified atom stereocenters. The van der Waals surface area contributed by atoms with Crippen molar-refractivity contribution in [3.63, 3.8) is 0 Å². The molecule has 0 atom stereocenters. The van der Waals surface area contributed by atoms with Gasteiger partial charge in [0, 0.05) is 6.42 Å². The summed E-state index contributed by atoms with van der Waals surface area (Å²) in [6, 6.07) is 0. The fraction of sp³-hybridized carbons (Fsp3) is 0.545. The third kappa shape index (κ3) is 3.04. The van der Waals surface area contributed by atoms with Crippen LogP contribution in [0.5, 0.6) is 0 Å². The normalized spacial score (nSPS) is 15.8. The summed E-state index contributed by atoms with van der Waals surface area (Å²) in [7, 11) is 0. The van der Waals surface area contributed by atoms with Gasteiger partial charge in [-0.15, -0.1) is 0 Å². The van der Waals surface area contributed by atoms with Crippen molar-refractivity contribution in [3.8, 4) is 0 Å². The standard InChI is InChI=1S/C8H10O.C3H8/c1-3-7-4-5-8(9)6(7)2;1-3-2/h3H,1,4-5H2,2H3;3H2,1-2H3. The van der Waals surface area contributed by atoms with Crippen LogP contribution in [0.15, 0.2) is 23.8 Å². The predicted molar refractivity (Wildman–Crippen MR) is 53.1 cm³/mol. The van der Waals surface area contributed by atoms with Crippen LogP contribution in [0.25, 0.3) is 0 Å². The van der Waals surface area contributed by atoms with Gasteiger partial charge in [0.1, 0.15) is 0 Å². The van der Waals surface area contributed by atoms with E-state index in [-0.39, 0.29) is 5.78 Å². The Morgan fingerprint density at radius 3 is 2.08 bits per heavy atom. The number of rotatable bonds is 1. The zero-order valence-electron chi connectivity index (χ0n) is 8.31. The lowest BCUT2D eigenvalue weighted by Crippen LogP contribution is -1.89. The second-order valence-corrected chi connectivity index (χ2v) is 2.98. The van der Waals surface area contributed by atoms with Crippen molar-refractivity contribution in [2.45, 2.75) is 40.0 Å². The van der Waals surface area contributed by atoms with Gasteiger partial charge in [-0.25, -0.2) is 0 Å². The number of carbonyl (C=O) groups excluding carboxylic acids is 1. The maximum absolute atomic E-state index is 10.8. The lowest BCUT2D eigenvalue weighted by atomic mass is 10.2. The highest BCUT2D eigenvalue weighted by molar-refractivity contribution is 5.98. The van der Waals surface area contributed by atoms with Crippen LogP contribution < -0.4 is 0 Å². The largest absolute Gasteiger partial charge is 0.295 e. The Hall–Kier alpha value is -0.850. The van der Waals surface area contributed by atoms with Crippen molar-refractivity contribution >= 4 is 5.78 Å². The molecule has 0 aliphatic heterocycles. The molecule has 0 aromatic carbocycles. The number of hydrogen-bond acceptors (Lipinski definition) is 1. The molecule has 0 amide bonds. The third-order valence-corrected chi connectivity index (χ3v) is 1.77. The number of hydrogen-bond donors (Lipinski definition) is 0. The minimum atomic E-state index is 0.282. The van der Waals surface area contributed by atoms with Gasteiger partial charge >= 0.3 is 0 Å². The van der Waals surface area contributed by atoms with E-state index in [2.05, 4.69) is 20.4 Å². The molecule has 1 rings (SSSR count). The van der Waals surface area contributed by atoms with E-state index in [9.17, 15) is 4.79 Å². The van der Waals surface area contributed by atoms with E-state index in [0.717, 1.165) is 17.6 Å². The summed E-state index contributed by atoms with van der Waals surface area (Å²) in [6.45, 7) is 9.73. The molecule has 0 heterocycles. The Kier molecular flexibility index (Phi) is 5.35. The first-order valence-corrected chi connectivity index (χ1v) is 4.52. The summed E-state index contributed by atoms with van der Waals surface area (Å²) < 4.78 is 0. The maximum Gasteiger partial charge on any atom is 0.159 e. The monoisotopic (exact) mass is 166 g/mol. The van der Waals surface area contributed by atoms with Gasteiger partial charge in [-0.1, -0.05) is 32.9 Å². The van der Waals surface area contributed by atoms with Crippen molar-refractivity contribution < 1.29 is 4.79 Å². The molecule has 0 saturated carbocycles. The average Bonchev–Trinajstić information content (AvgIpc) is 2.35. The Labute approximate surface area is 75.2 Å². The second kappa shape index (κ2) is 5.76. The molecule has 0 aromatic rings. The molecule has 0 N–H and O–H groups in total. The molecule has 1 aliphatic carbocycles. The zero-order chi connectivity index (χ0) is 9.56. The van der Waals surface area contributed by atoms with Crippen LogP contribution in [0, 0.1) is 0 Å². The molecule has 0 aromatic heterocycles. The minimum Gasteiger partial charge on any atom is -0.295 e. The Morgan fingerprint density at radius 2 is 1.92 bits per heavy atom. The lowest BCUT2D eigenvalue weighted by molar-refractivity contribution is -0.114. The summed E-state index contributed by atoms with van der Waals surface area (Å²) >= 11 is 0. The molecule has 12 heavy (non-hydrogen) atoms. The van der Waals surface area contributed by atoms with Crippen molar-refractivity contribution in [1.29, 1.82) is 0 Å². The van der Waals surface area contributed by atoms with Crippen molar-refractivity contribution in [3.05, 3.63) is 23.8 Å². The summed E-state index contributed by atoms with van der Waals surface area (Å²) in [5, 5.41) is 0. The molecule has 1 aliphatic rings. The van der Waals surface area contributed by atoms with Gasteiger partial charge in [-0.05, 0) is 24.5 Å². The SMILES string of the molecule is C=CC1=C(C)C(=O)CC1.CCC. The van der Waals surface area contributed by atoms with E-state index in [1.165, 1.54) is 6.42 Å². The van der Waals surface area contributed by atoms with Crippen LogP contribution in [0.4, 0.5) is 0 Å². The fourth-order valence-corrected chi connectivity index (χ4v) is 1.06. The molecule has 0 bridgehead atoms. The smallest absolute Gasteiger partial charge is 0.159 e. The van der Waals surface area contributed by atoms with E-state index >= 15 is 0 Å². The van der Waals surface area contributed by atoms with Crippen LogP contribution in [0.3, 0.4) is 0 Å². The van der Waals surface area contributed by atoms with Crippen LogP contribution in [0.2, 0.25) is 0 Å². The van der Waals surface area contributed by atoms with Gasteiger partial charge in [-0.3, -0.25) is 4.79 Å². The molecule has 0 fully saturated rings. The molecule has 0 saturated heterocycles. The second-order valence-electron chi connectivity index (χ2n) is 2.98. The van der Waals surface area contributed by atoms with Crippen molar-refractivity contribution in [2.75, 3.05) is 0 Å². The Bertz CT molecular complexity index is 199. The molecule has 1 nitrogen and oxygen atoms in total. The Morgan fingerprint density at radius 1 is 1.42 bits per heavy atom. The van der Waals surface area contributed by atoms with Crippen LogP contribution in [-0.2, 0) is 4.79 Å². The molecule has 68 valence electrons. The van der Waals surface area contributed by atoms with Gasteiger partial charge in [-0.2, -0.15) is 0 Å². The summed E-state index contributed by atoms with van der Waals surface area (Å²) in [6.07, 6.45) is 4.61. The first kappa shape index (κ1) is 11.2. The van der Waals surface area contributed by atoms with E-state index in [0.29, 0.717) is 6.42 Å². The predicted octanol–water partition coefficient (Wildman–Crippen LogP) is 3.27. The van der Waals surface area contributed by atoms with Crippen molar-refractivity contribution in [2.24, 2.45) is 0 Å². The summed E-state index contributed by atoms with van der Waals surface area (Å²) in [4.78, 5) is 10.8. The van der Waals surface area contributed by atoms with Gasteiger partial charge in [0.2, 0.25) is 0 Å². The number of ketones is 1. The van der Waals surface area contributed by atoms with Crippen LogP contribution in [0.1, 0.15) is 40.0 Å². The van der Waals surface area contributed by atoms with E-state index in [1.807, 2.05) is 6.92 Å². The first-order chi connectivity index (χ1) is 5.67. The van der Waals surface area contributed by atoms with Crippen LogP contribution in [-0.4, -0.2) is 5.78 Å². The summed E-state index contributed by atoms with van der Waals surface area (Å²) in [5.74, 6) is 0.282.